The van der Waals surface area contributed by atoms with Crippen molar-refractivity contribution in [3.8, 4) is 11.5 Å². The number of carbonyl (C=O) groups is 2. The molecule has 0 fully saturated rings. The molecule has 0 spiro atoms. The number of Topliss-reactive ketones (excluding diaryl/α,β-unsaturated/α-hetero) is 1. The van der Waals surface area contributed by atoms with Gasteiger partial charge in [-0.2, -0.15) is 0 Å². The van der Waals surface area contributed by atoms with Crippen LogP contribution < -0.4 is 14.8 Å². The van der Waals surface area contributed by atoms with Crippen LogP contribution in [0, 0.1) is 0 Å². The second-order valence-electron chi connectivity index (χ2n) is 6.97. The number of likely N-dealkylation sites (N-methyl/N-ethyl adjacent to an activating group) is 1. The molecule has 0 bridgehead atoms. The number of anilines is 1. The predicted molar refractivity (Wildman–Crippen MR) is 112 cm³/mol. The number of aromatic nitrogens is 1. The average molecular weight is 411 g/mol. The van der Waals surface area contributed by atoms with Gasteiger partial charge in [-0.1, -0.05) is 12.1 Å². The Morgan fingerprint density at radius 1 is 1.24 bits per heavy atom. The Labute approximate surface area is 172 Å². The van der Waals surface area contributed by atoms with Crippen molar-refractivity contribution in [3.63, 3.8) is 0 Å². The summed E-state index contributed by atoms with van der Waals surface area (Å²) in [6, 6.07) is 11.2. The standard InChI is InChI=1S/C21H21N3O4S/c1-12(21-23-15-6-4-5-7-19(15)29-21)24(3)10-20(26)22-16-9-18-17(27-11-28-18)8-14(16)13(2)25/h4-9,12H,10-11H2,1-3H3,(H,22,26)/t12-/m1/s1. The van der Waals surface area contributed by atoms with Gasteiger partial charge in [-0.3, -0.25) is 14.5 Å². The van der Waals surface area contributed by atoms with Crippen molar-refractivity contribution in [2.45, 2.75) is 19.9 Å². The Balaban J connectivity index is 1.47. The van der Waals surface area contributed by atoms with Crippen LogP contribution in [0.5, 0.6) is 11.5 Å². The molecule has 1 aliphatic rings. The van der Waals surface area contributed by atoms with Crippen LogP contribution in [0.3, 0.4) is 0 Å². The van der Waals surface area contributed by atoms with Gasteiger partial charge >= 0.3 is 0 Å². The van der Waals surface area contributed by atoms with Crippen LogP contribution in [0.1, 0.15) is 35.3 Å². The molecule has 0 saturated heterocycles. The summed E-state index contributed by atoms with van der Waals surface area (Å²) < 4.78 is 11.8. The molecular weight excluding hydrogens is 390 g/mol. The van der Waals surface area contributed by atoms with Gasteiger partial charge in [0.15, 0.2) is 17.3 Å². The number of ketones is 1. The SMILES string of the molecule is CC(=O)c1cc2c(cc1NC(=O)CN(C)[C@H](C)c1nc3ccccc3s1)OCO2. The van der Waals surface area contributed by atoms with Crippen LogP contribution in [0.2, 0.25) is 0 Å². The molecule has 0 aliphatic carbocycles. The first-order valence-electron chi connectivity index (χ1n) is 9.22. The number of carbonyl (C=O) groups excluding carboxylic acids is 2. The highest BCUT2D eigenvalue weighted by Gasteiger charge is 2.22. The quantitative estimate of drug-likeness (QED) is 0.621. The number of rotatable bonds is 6. The van der Waals surface area contributed by atoms with Crippen LogP contribution in [0.25, 0.3) is 10.2 Å². The van der Waals surface area contributed by atoms with E-state index < -0.39 is 0 Å². The maximum absolute atomic E-state index is 12.7. The number of fused-ring (bicyclic) bond motifs is 2. The van der Waals surface area contributed by atoms with Crippen LogP contribution >= 0.6 is 11.3 Å². The van der Waals surface area contributed by atoms with Gasteiger partial charge in [0.25, 0.3) is 0 Å². The number of nitrogens with one attached hydrogen (secondary N) is 1. The smallest absolute Gasteiger partial charge is 0.238 e. The van der Waals surface area contributed by atoms with Crippen molar-refractivity contribution < 1.29 is 19.1 Å². The summed E-state index contributed by atoms with van der Waals surface area (Å²) in [5, 5.41) is 3.78. The zero-order valence-corrected chi connectivity index (χ0v) is 17.2. The average Bonchev–Trinajstić information content (AvgIpc) is 3.32. The maximum atomic E-state index is 12.7. The second-order valence-corrected chi connectivity index (χ2v) is 8.03. The van der Waals surface area contributed by atoms with E-state index >= 15 is 0 Å². The minimum absolute atomic E-state index is 0.0258. The van der Waals surface area contributed by atoms with E-state index in [2.05, 4.69) is 10.3 Å². The van der Waals surface area contributed by atoms with E-state index in [-0.39, 0.29) is 31.1 Å². The van der Waals surface area contributed by atoms with Crippen LogP contribution in [-0.4, -0.2) is 42.0 Å². The summed E-state index contributed by atoms with van der Waals surface area (Å²) in [6.07, 6.45) is 0. The zero-order valence-electron chi connectivity index (χ0n) is 16.4. The summed E-state index contributed by atoms with van der Waals surface area (Å²) in [5.74, 6) is 0.646. The Kier molecular flexibility index (Phi) is 5.21. The summed E-state index contributed by atoms with van der Waals surface area (Å²) >= 11 is 1.63. The number of para-hydroxylation sites is 1. The van der Waals surface area contributed by atoms with Crippen molar-refractivity contribution in [1.82, 2.24) is 9.88 Å². The third-order valence-corrected chi connectivity index (χ3v) is 6.09. The summed E-state index contributed by atoms with van der Waals surface area (Å²) in [6.45, 7) is 3.73. The van der Waals surface area contributed by atoms with E-state index in [1.54, 1.807) is 23.5 Å². The van der Waals surface area contributed by atoms with Gasteiger partial charge in [0.2, 0.25) is 12.7 Å². The lowest BCUT2D eigenvalue weighted by molar-refractivity contribution is -0.117. The van der Waals surface area contributed by atoms with E-state index in [4.69, 9.17) is 9.47 Å². The number of amides is 1. The van der Waals surface area contributed by atoms with Gasteiger partial charge in [-0.05, 0) is 39.1 Å². The minimum Gasteiger partial charge on any atom is -0.454 e. The lowest BCUT2D eigenvalue weighted by atomic mass is 10.1. The normalized spacial score (nSPS) is 13.7. The first-order chi connectivity index (χ1) is 13.9. The molecule has 2 heterocycles. The van der Waals surface area contributed by atoms with Crippen LogP contribution in [-0.2, 0) is 4.79 Å². The van der Waals surface area contributed by atoms with E-state index in [9.17, 15) is 9.59 Å². The van der Waals surface area contributed by atoms with Crippen molar-refractivity contribution in [2.24, 2.45) is 0 Å². The number of hydrogen-bond donors (Lipinski definition) is 1. The monoisotopic (exact) mass is 411 g/mol. The van der Waals surface area contributed by atoms with E-state index in [0.717, 1.165) is 15.2 Å². The summed E-state index contributed by atoms with van der Waals surface area (Å²) in [7, 11) is 1.88. The van der Waals surface area contributed by atoms with Crippen molar-refractivity contribution in [1.29, 1.82) is 0 Å². The number of nitrogens with zero attached hydrogens (tertiary/aromatic N) is 2. The molecule has 4 rings (SSSR count). The van der Waals surface area contributed by atoms with Crippen molar-refractivity contribution >= 4 is 38.9 Å². The highest BCUT2D eigenvalue weighted by Crippen LogP contribution is 2.37. The Hall–Kier alpha value is -2.97. The molecule has 1 atom stereocenters. The molecule has 1 aromatic heterocycles. The predicted octanol–water partition coefficient (Wildman–Crippen LogP) is 3.86. The van der Waals surface area contributed by atoms with E-state index in [1.165, 1.54) is 6.92 Å². The molecule has 1 aliphatic heterocycles. The fraction of sp³-hybridized carbons (Fsp3) is 0.286. The number of hydrogen-bond acceptors (Lipinski definition) is 7. The third-order valence-electron chi connectivity index (χ3n) is 4.89. The molecule has 0 radical (unpaired) electrons. The summed E-state index contributed by atoms with van der Waals surface area (Å²) in [5.41, 5.74) is 1.78. The molecule has 7 nitrogen and oxygen atoms in total. The topological polar surface area (TPSA) is 80.8 Å². The minimum atomic E-state index is -0.221. The highest BCUT2D eigenvalue weighted by molar-refractivity contribution is 7.18. The number of benzene rings is 2. The van der Waals surface area contributed by atoms with Crippen molar-refractivity contribution in [3.05, 3.63) is 47.0 Å². The molecule has 29 heavy (non-hydrogen) atoms. The number of thiazole rings is 1. The molecule has 0 unspecified atom stereocenters. The zero-order chi connectivity index (χ0) is 20.5. The fourth-order valence-electron chi connectivity index (χ4n) is 3.15. The van der Waals surface area contributed by atoms with Gasteiger partial charge < -0.3 is 14.8 Å². The third kappa shape index (κ3) is 3.94. The van der Waals surface area contributed by atoms with Gasteiger partial charge in [-0.25, -0.2) is 4.98 Å². The van der Waals surface area contributed by atoms with Crippen molar-refractivity contribution in [2.75, 3.05) is 25.7 Å². The molecule has 1 N–H and O–H groups in total. The molecular formula is C21H21N3O4S. The first kappa shape index (κ1) is 19.4. The highest BCUT2D eigenvalue weighted by atomic mass is 32.1. The van der Waals surface area contributed by atoms with Crippen LogP contribution in [0.15, 0.2) is 36.4 Å². The molecule has 8 heteroatoms. The lowest BCUT2D eigenvalue weighted by Gasteiger charge is -2.22. The van der Waals surface area contributed by atoms with Gasteiger partial charge in [-0.15, -0.1) is 11.3 Å². The van der Waals surface area contributed by atoms with Gasteiger partial charge in [0, 0.05) is 11.6 Å². The van der Waals surface area contributed by atoms with E-state index in [0.29, 0.717) is 22.7 Å². The van der Waals surface area contributed by atoms with Crippen LogP contribution in [0.4, 0.5) is 5.69 Å². The molecule has 1 amide bonds. The Bertz CT molecular complexity index is 1060. The molecule has 3 aromatic rings. The van der Waals surface area contributed by atoms with Gasteiger partial charge in [0.05, 0.1) is 28.5 Å². The number of ether oxygens (including phenoxy) is 2. The summed E-state index contributed by atoms with van der Waals surface area (Å²) in [4.78, 5) is 31.2. The molecule has 150 valence electrons. The molecule has 2 aromatic carbocycles. The van der Waals surface area contributed by atoms with Gasteiger partial charge in [0.1, 0.15) is 5.01 Å². The fourth-order valence-corrected chi connectivity index (χ4v) is 4.23. The largest absolute Gasteiger partial charge is 0.454 e. The lowest BCUT2D eigenvalue weighted by Crippen LogP contribution is -2.32. The maximum Gasteiger partial charge on any atom is 0.238 e. The van der Waals surface area contributed by atoms with E-state index in [1.807, 2.05) is 43.1 Å². The second kappa shape index (κ2) is 7.81. The first-order valence-corrected chi connectivity index (χ1v) is 10.0. The molecule has 0 saturated carbocycles. The Morgan fingerprint density at radius 3 is 2.69 bits per heavy atom. The Morgan fingerprint density at radius 2 is 1.97 bits per heavy atom.